The van der Waals surface area contributed by atoms with Gasteiger partial charge in [0.05, 0.1) is 0 Å². The highest BCUT2D eigenvalue weighted by molar-refractivity contribution is 6.78. The Kier molecular flexibility index (Phi) is 13.0. The van der Waals surface area contributed by atoms with Crippen LogP contribution in [0.3, 0.4) is 0 Å². The lowest BCUT2D eigenvalue weighted by Gasteiger charge is -2.32. The molecule has 1 nitrogen and oxygen atoms in total. The summed E-state index contributed by atoms with van der Waals surface area (Å²) in [6, 6.07) is 0. The SMILES string of the molecule is Bc1c(B)c(-c2c(B)c(B)c3c(B)c(B)c4c(B)c(B)c(B)c(B)c4c3c2B)c(B)c(-c2c3c(B)c(B)c(B)c(B)c3c(-c3c(B)c(B)c4oc5c(B)c(B)c(B)c(B)c5c4c3B)c3c(B)c(B)c(B)c(B)c23)c1B. The summed E-state index contributed by atoms with van der Waals surface area (Å²) in [4.78, 5) is 0. The Morgan fingerprint density at radius 2 is 0.307 bits per heavy atom. The second-order valence-electron chi connectivity index (χ2n) is 24.3. The molecular formula is C46H56B28O. The van der Waals surface area contributed by atoms with Crippen molar-refractivity contribution in [3.63, 3.8) is 0 Å². The van der Waals surface area contributed by atoms with Crippen molar-refractivity contribution in [1.82, 2.24) is 0 Å². The van der Waals surface area contributed by atoms with Crippen LogP contribution in [0.4, 0.5) is 0 Å². The molecule has 0 N–H and O–H groups in total. The van der Waals surface area contributed by atoms with Crippen molar-refractivity contribution in [2.24, 2.45) is 0 Å². The van der Waals surface area contributed by atoms with Crippen LogP contribution in [0.2, 0.25) is 0 Å². The summed E-state index contributed by atoms with van der Waals surface area (Å²) in [5.41, 5.74) is 48.7. The number of rotatable bonds is 3. The number of hydrogen-bond donors (Lipinski definition) is 0. The zero-order valence-corrected chi connectivity index (χ0v) is 51.4. The Morgan fingerprint density at radius 1 is 0.120 bits per heavy atom. The number of hydrogen-bond acceptors (Lipinski definition) is 1. The molecule has 0 fully saturated rings. The van der Waals surface area contributed by atoms with Crippen molar-refractivity contribution >= 4 is 438 Å². The fourth-order valence-corrected chi connectivity index (χ4v) is 15.2. The average Bonchev–Trinajstić information content (AvgIpc) is 3.80. The van der Waals surface area contributed by atoms with Crippen LogP contribution in [-0.4, -0.2) is 220 Å². The molecule has 0 unspecified atom stereocenters. The quantitative estimate of drug-likeness (QED) is 0.0978. The third-order valence-electron chi connectivity index (χ3n) is 21.7. The first-order valence-electron chi connectivity index (χ1n) is 27.9. The zero-order chi connectivity index (χ0) is 55.3. The van der Waals surface area contributed by atoms with E-state index in [9.17, 15) is 0 Å². The Morgan fingerprint density at radius 3 is 0.707 bits per heavy atom. The number of benzene rings is 9. The van der Waals surface area contributed by atoms with Crippen molar-refractivity contribution in [2.45, 2.75) is 0 Å². The summed E-state index contributed by atoms with van der Waals surface area (Å²) < 4.78 is 7.09. The highest BCUT2D eigenvalue weighted by Gasteiger charge is 2.32. The van der Waals surface area contributed by atoms with Gasteiger partial charge in [0, 0.05) is 10.8 Å². The van der Waals surface area contributed by atoms with Crippen LogP contribution in [0.15, 0.2) is 4.42 Å². The summed E-state index contributed by atoms with van der Waals surface area (Å²) in [6.07, 6.45) is 0. The van der Waals surface area contributed by atoms with Gasteiger partial charge >= 0.3 is 0 Å². The average molecular weight is 928 g/mol. The Bertz CT molecular complexity index is 4360. The molecule has 10 rings (SSSR count). The summed E-state index contributed by atoms with van der Waals surface area (Å²) >= 11 is 0. The second-order valence-corrected chi connectivity index (χ2v) is 24.3. The van der Waals surface area contributed by atoms with E-state index in [2.05, 4.69) is 220 Å². The first-order valence-corrected chi connectivity index (χ1v) is 27.9. The van der Waals surface area contributed by atoms with Gasteiger partial charge in [-0.2, -0.15) is 0 Å². The van der Waals surface area contributed by atoms with Gasteiger partial charge in [-0.25, -0.2) is 0 Å². The second kappa shape index (κ2) is 18.1. The van der Waals surface area contributed by atoms with Gasteiger partial charge in [0.1, 0.15) is 231 Å². The fourth-order valence-electron chi connectivity index (χ4n) is 15.2. The molecule has 75 heavy (non-hydrogen) atoms. The molecule has 29 heteroatoms. The first kappa shape index (κ1) is 54.0. The molecule has 0 aliphatic heterocycles. The molecule has 1 aromatic heterocycles. The van der Waals surface area contributed by atoms with Crippen LogP contribution >= 0.6 is 0 Å². The molecule has 0 radical (unpaired) electrons. The van der Waals surface area contributed by atoms with Crippen LogP contribution in [-0.2, 0) is 0 Å². The Labute approximate surface area is 472 Å². The van der Waals surface area contributed by atoms with Gasteiger partial charge in [-0.15, -0.1) is 43.7 Å². The monoisotopic (exact) mass is 933 g/mol. The van der Waals surface area contributed by atoms with Gasteiger partial charge in [-0.3, -0.25) is 0 Å². The van der Waals surface area contributed by atoms with Crippen molar-refractivity contribution < 1.29 is 4.42 Å². The summed E-state index contributed by atoms with van der Waals surface area (Å²) in [5, 5.41) is 13.9. The lowest BCUT2D eigenvalue weighted by Crippen LogP contribution is -2.52. The maximum Gasteiger partial charge on any atom is 0.143 e. The number of furan rings is 1. The van der Waals surface area contributed by atoms with Crippen LogP contribution in [0.25, 0.3) is 98.4 Å². The van der Waals surface area contributed by atoms with Gasteiger partial charge in [0.15, 0.2) is 0 Å². The van der Waals surface area contributed by atoms with Crippen molar-refractivity contribution in [1.29, 1.82) is 0 Å². The van der Waals surface area contributed by atoms with E-state index in [1.807, 2.05) is 0 Å². The van der Waals surface area contributed by atoms with E-state index in [4.69, 9.17) is 4.42 Å². The zero-order valence-electron chi connectivity index (χ0n) is 51.4. The first-order chi connectivity index (χ1) is 35.0. The molecule has 0 amide bonds. The van der Waals surface area contributed by atoms with Crippen LogP contribution < -0.4 is 153 Å². The molecule has 10 aromatic rings. The predicted octanol–water partition coefficient (Wildman–Crippen LogP) is -35.6. The molecule has 0 saturated heterocycles. The van der Waals surface area contributed by atoms with Crippen LogP contribution in [0.5, 0.6) is 0 Å². The minimum atomic E-state index is 1.03. The third kappa shape index (κ3) is 6.85. The smallest absolute Gasteiger partial charge is 0.143 e. The maximum absolute atomic E-state index is 7.09. The van der Waals surface area contributed by atoms with E-state index in [0.29, 0.717) is 0 Å². The molecule has 0 saturated carbocycles. The molecule has 9 aromatic carbocycles. The Balaban J connectivity index is 1.48. The predicted molar refractivity (Wildman–Crippen MR) is 429 cm³/mol. The van der Waals surface area contributed by atoms with Crippen molar-refractivity contribution in [3.8, 4) is 33.4 Å². The largest absolute Gasteiger partial charge is 0.457 e. The molecule has 0 aliphatic carbocycles. The van der Waals surface area contributed by atoms with E-state index >= 15 is 0 Å². The van der Waals surface area contributed by atoms with E-state index in [0.717, 1.165) is 11.2 Å². The highest BCUT2D eigenvalue weighted by Crippen LogP contribution is 2.40. The molecular weight excluding hydrogens is 871 g/mol. The third-order valence-corrected chi connectivity index (χ3v) is 21.7. The van der Waals surface area contributed by atoms with Gasteiger partial charge in [-0.1, -0.05) is 109 Å². The van der Waals surface area contributed by atoms with E-state index < -0.39 is 0 Å². The molecule has 0 atom stereocenters. The normalized spacial score (nSPS) is 11.9. The Hall–Kier alpha value is -4.36. The number of fused-ring (bicyclic) bond motifs is 8. The molecule has 1 heterocycles. The van der Waals surface area contributed by atoms with Crippen molar-refractivity contribution in [2.75, 3.05) is 0 Å². The standard InChI is InChI=1S/C46H56B28O/c47-17-7-8-12(30(60)40(70)39(69)24(8)54)27(57)25(55)11(7)26(56)28(58)13(17)14-18(48)9(29(59)34(64)31(14)61)1-3-5(22(52)37(67)35(65)20(3)50)2(6-4(1)21(51)36(66)38(68)23(6)53)10-19(49)15-16-33(63)41(71)42(72)44(74)46(16)75-45(15)43(73)32(10)62/h47-74H2. The van der Waals surface area contributed by atoms with Crippen LogP contribution in [0, 0.1) is 0 Å². The minimum absolute atomic E-state index is 1.03. The maximum atomic E-state index is 7.09. The fraction of sp³-hybridized carbons (Fsp3) is 0. The molecule has 0 aliphatic rings. The van der Waals surface area contributed by atoms with Gasteiger partial charge in [-0.05, 0) is 76.5 Å². The minimum Gasteiger partial charge on any atom is -0.457 e. The lowest BCUT2D eigenvalue weighted by atomic mass is 9.55. The lowest BCUT2D eigenvalue weighted by molar-refractivity contribution is 0.675. The van der Waals surface area contributed by atoms with E-state index in [1.165, 1.54) is 240 Å². The molecule has 0 bridgehead atoms. The van der Waals surface area contributed by atoms with Gasteiger partial charge < -0.3 is 4.42 Å². The summed E-state index contributed by atoms with van der Waals surface area (Å²) in [5.74, 6) is 0. The van der Waals surface area contributed by atoms with Gasteiger partial charge in [0.25, 0.3) is 0 Å². The van der Waals surface area contributed by atoms with Crippen LogP contribution in [0.1, 0.15) is 0 Å². The van der Waals surface area contributed by atoms with Crippen molar-refractivity contribution in [3.05, 3.63) is 0 Å². The van der Waals surface area contributed by atoms with Gasteiger partial charge in [0.2, 0.25) is 0 Å². The molecule has 0 spiro atoms. The van der Waals surface area contributed by atoms with E-state index in [-0.39, 0.29) is 0 Å². The van der Waals surface area contributed by atoms with E-state index in [1.54, 1.807) is 0 Å². The summed E-state index contributed by atoms with van der Waals surface area (Å²) in [7, 11) is 66.5. The molecule has 330 valence electrons. The highest BCUT2D eigenvalue weighted by atomic mass is 16.3. The summed E-state index contributed by atoms with van der Waals surface area (Å²) in [6.45, 7) is 0. The topological polar surface area (TPSA) is 13.1 Å².